The van der Waals surface area contributed by atoms with Crippen molar-refractivity contribution in [1.29, 1.82) is 0 Å². The summed E-state index contributed by atoms with van der Waals surface area (Å²) in [4.78, 5) is 9.00. The highest BCUT2D eigenvalue weighted by Crippen LogP contribution is 2.41. The number of nitrogens with one attached hydrogen (secondary N) is 1. The molecule has 1 aromatic carbocycles. The number of nitrogens with zero attached hydrogens (tertiary/aromatic N) is 6. The topological polar surface area (TPSA) is 133 Å². The van der Waals surface area contributed by atoms with Crippen LogP contribution in [0.4, 0.5) is 5.82 Å². The summed E-state index contributed by atoms with van der Waals surface area (Å²) in [5.41, 5.74) is 16.3. The first kappa shape index (κ1) is 30.2. The molecule has 1 aliphatic carbocycles. The van der Waals surface area contributed by atoms with Crippen LogP contribution in [0.1, 0.15) is 61.2 Å². The normalized spacial score (nSPS) is 18.8. The van der Waals surface area contributed by atoms with Gasteiger partial charge in [0.25, 0.3) is 0 Å². The van der Waals surface area contributed by atoms with Gasteiger partial charge in [0.15, 0.2) is 15.7 Å². The standard InChI is InChI=1S/C32H40N8O2S/c1-5-43(41,42)16-15-40-14-13-30(38-40)36-29-12-9-22(2)31-25(21-35-29)10-11-27-32(31)28(39(4)37-27)18-23-7-6-8-24(17-23)26(19-33)20-34-3/h6-8,13-14,17,19-21H,5,9-12,15-16,18,33H2,1-4H3,(H,35,36,38)/b25-21-,26-19+,31-22-,34-20?. The monoisotopic (exact) mass is 600 g/mol. The van der Waals surface area contributed by atoms with Crippen molar-refractivity contribution in [1.82, 2.24) is 19.6 Å². The van der Waals surface area contributed by atoms with Crippen molar-refractivity contribution in [3.63, 3.8) is 0 Å². The summed E-state index contributed by atoms with van der Waals surface area (Å²) in [6.07, 6.45) is 11.2. The molecule has 3 heterocycles. The van der Waals surface area contributed by atoms with Gasteiger partial charge in [0, 0.05) is 74.7 Å². The molecule has 11 heteroatoms. The number of nitrogens with two attached hydrogens (primary N) is 1. The lowest BCUT2D eigenvalue weighted by Crippen LogP contribution is -2.17. The van der Waals surface area contributed by atoms with E-state index in [1.54, 1.807) is 37.3 Å². The highest BCUT2D eigenvalue weighted by atomic mass is 32.2. The first-order chi connectivity index (χ1) is 20.7. The number of aryl methyl sites for hydroxylation is 3. The van der Waals surface area contributed by atoms with Crippen LogP contribution < -0.4 is 11.1 Å². The van der Waals surface area contributed by atoms with Crippen molar-refractivity contribution in [2.45, 2.75) is 52.5 Å². The second-order valence-electron chi connectivity index (χ2n) is 11.0. The highest BCUT2D eigenvalue weighted by Gasteiger charge is 2.28. The van der Waals surface area contributed by atoms with Gasteiger partial charge in [0.2, 0.25) is 0 Å². The Morgan fingerprint density at radius 1 is 1.16 bits per heavy atom. The fourth-order valence-corrected chi connectivity index (χ4v) is 6.43. The second-order valence-corrected chi connectivity index (χ2v) is 13.5. The van der Waals surface area contributed by atoms with Gasteiger partial charge in [-0.1, -0.05) is 36.8 Å². The van der Waals surface area contributed by atoms with Crippen LogP contribution in [0.3, 0.4) is 0 Å². The van der Waals surface area contributed by atoms with E-state index >= 15 is 0 Å². The quantitative estimate of drug-likeness (QED) is 0.346. The number of hydrogen-bond donors (Lipinski definition) is 2. The number of amidine groups is 1. The number of anilines is 1. The van der Waals surface area contributed by atoms with Crippen LogP contribution >= 0.6 is 0 Å². The third kappa shape index (κ3) is 6.88. The van der Waals surface area contributed by atoms with E-state index in [2.05, 4.69) is 46.6 Å². The number of benzene rings is 1. The minimum Gasteiger partial charge on any atom is -0.404 e. The molecule has 43 heavy (non-hydrogen) atoms. The molecule has 0 radical (unpaired) electrons. The molecule has 0 saturated heterocycles. The van der Waals surface area contributed by atoms with Gasteiger partial charge >= 0.3 is 0 Å². The molecule has 2 aromatic heterocycles. The van der Waals surface area contributed by atoms with Crippen LogP contribution in [0.25, 0.3) is 11.1 Å². The lowest BCUT2D eigenvalue weighted by Gasteiger charge is -2.24. The smallest absolute Gasteiger partial charge is 0.153 e. The molecule has 0 unspecified atom stereocenters. The summed E-state index contributed by atoms with van der Waals surface area (Å²) < 4.78 is 27.4. The van der Waals surface area contributed by atoms with Gasteiger partial charge in [-0.2, -0.15) is 10.2 Å². The van der Waals surface area contributed by atoms with E-state index in [9.17, 15) is 8.42 Å². The first-order valence-corrected chi connectivity index (χ1v) is 16.5. The number of hydrogen-bond acceptors (Lipinski definition) is 8. The van der Waals surface area contributed by atoms with Gasteiger partial charge in [-0.15, -0.1) is 0 Å². The van der Waals surface area contributed by atoms with Crippen molar-refractivity contribution < 1.29 is 8.42 Å². The predicted octanol–water partition coefficient (Wildman–Crippen LogP) is 4.55. The van der Waals surface area contributed by atoms with Crippen molar-refractivity contribution in [2.75, 3.05) is 23.9 Å². The Hall–Kier alpha value is -4.25. The molecule has 2 aliphatic rings. The maximum Gasteiger partial charge on any atom is 0.153 e. The summed E-state index contributed by atoms with van der Waals surface area (Å²) in [5, 5.41) is 12.8. The van der Waals surface area contributed by atoms with E-state index in [0.29, 0.717) is 12.4 Å². The zero-order chi connectivity index (χ0) is 30.6. The SMILES string of the molecule is CCS(=O)(=O)CCn1ccc(NC2=N/C=C3/CCc4nn(C)c(Cc5cccc(/C(C=NC)=C/N)c5)c4/C3=C(/C)CC2)n1. The predicted molar refractivity (Wildman–Crippen MR) is 175 cm³/mol. The number of aromatic nitrogens is 4. The minimum atomic E-state index is -3.05. The zero-order valence-electron chi connectivity index (χ0n) is 25.3. The van der Waals surface area contributed by atoms with E-state index in [0.717, 1.165) is 54.8 Å². The van der Waals surface area contributed by atoms with Gasteiger partial charge in [-0.05, 0) is 48.5 Å². The van der Waals surface area contributed by atoms with E-state index in [1.165, 1.54) is 33.5 Å². The van der Waals surface area contributed by atoms with E-state index in [-0.39, 0.29) is 11.5 Å². The lowest BCUT2D eigenvalue weighted by atomic mass is 9.81. The molecule has 3 aromatic rings. The lowest BCUT2D eigenvalue weighted by molar-refractivity contribution is 0.582. The Labute approximate surface area is 253 Å². The second kappa shape index (κ2) is 12.9. The third-order valence-electron chi connectivity index (χ3n) is 8.04. The molecule has 10 nitrogen and oxygen atoms in total. The highest BCUT2D eigenvalue weighted by molar-refractivity contribution is 7.91. The molecule has 0 bridgehead atoms. The van der Waals surface area contributed by atoms with Gasteiger partial charge in [-0.25, -0.2) is 13.4 Å². The molecule has 0 spiro atoms. The maximum atomic E-state index is 11.9. The number of sulfone groups is 1. The van der Waals surface area contributed by atoms with Crippen molar-refractivity contribution in [2.24, 2.45) is 22.8 Å². The van der Waals surface area contributed by atoms with Crippen LogP contribution in [-0.4, -0.2) is 58.6 Å². The average Bonchev–Trinajstić information content (AvgIpc) is 3.58. The Balaban J connectivity index is 1.39. The minimum absolute atomic E-state index is 0.0770. The molecule has 0 atom stereocenters. The first-order valence-electron chi connectivity index (χ1n) is 14.7. The van der Waals surface area contributed by atoms with Crippen LogP contribution in [-0.2, 0) is 36.3 Å². The Morgan fingerprint density at radius 2 is 2.00 bits per heavy atom. The Morgan fingerprint density at radius 3 is 2.77 bits per heavy atom. The number of rotatable bonds is 9. The molecule has 1 aliphatic heterocycles. The Kier molecular flexibility index (Phi) is 9.10. The zero-order valence-corrected chi connectivity index (χ0v) is 26.2. The van der Waals surface area contributed by atoms with Crippen LogP contribution in [0.15, 0.2) is 70.1 Å². The number of aliphatic imine (C=N–C) groups is 2. The number of fused-ring (bicyclic) bond motifs is 3. The maximum absolute atomic E-state index is 11.9. The van der Waals surface area contributed by atoms with Gasteiger partial charge in [-0.3, -0.25) is 14.4 Å². The molecular weight excluding hydrogens is 560 g/mol. The molecule has 0 fully saturated rings. The average molecular weight is 601 g/mol. The summed E-state index contributed by atoms with van der Waals surface area (Å²) in [6.45, 7) is 4.21. The summed E-state index contributed by atoms with van der Waals surface area (Å²) in [6, 6.07) is 10.3. The molecule has 3 N–H and O–H groups in total. The van der Waals surface area contributed by atoms with Crippen molar-refractivity contribution >= 4 is 38.9 Å². The van der Waals surface area contributed by atoms with E-state index in [4.69, 9.17) is 15.8 Å². The van der Waals surface area contributed by atoms with E-state index in [1.807, 2.05) is 24.0 Å². The molecular formula is C32H40N8O2S. The van der Waals surface area contributed by atoms with Crippen molar-refractivity contribution in [3.05, 3.63) is 88.2 Å². The molecule has 5 rings (SSSR count). The number of allylic oxidation sites excluding steroid dienone is 4. The fourth-order valence-electron chi connectivity index (χ4n) is 5.67. The van der Waals surface area contributed by atoms with Crippen LogP contribution in [0.5, 0.6) is 0 Å². The summed E-state index contributed by atoms with van der Waals surface area (Å²) >= 11 is 0. The third-order valence-corrected chi connectivity index (χ3v) is 9.73. The van der Waals surface area contributed by atoms with Gasteiger partial charge < -0.3 is 11.1 Å². The molecule has 0 saturated carbocycles. The Bertz CT molecular complexity index is 1770. The van der Waals surface area contributed by atoms with Crippen LogP contribution in [0, 0.1) is 0 Å². The fraction of sp³-hybridized carbons (Fsp3) is 0.375. The summed E-state index contributed by atoms with van der Waals surface area (Å²) in [5.74, 6) is 1.71. The van der Waals surface area contributed by atoms with Crippen molar-refractivity contribution in [3.8, 4) is 0 Å². The van der Waals surface area contributed by atoms with Gasteiger partial charge in [0.05, 0.1) is 23.7 Å². The largest absolute Gasteiger partial charge is 0.404 e. The summed E-state index contributed by atoms with van der Waals surface area (Å²) in [7, 11) is 0.730. The van der Waals surface area contributed by atoms with Gasteiger partial charge in [0.1, 0.15) is 5.84 Å². The molecule has 226 valence electrons. The van der Waals surface area contributed by atoms with E-state index < -0.39 is 9.84 Å². The molecule has 0 amide bonds. The van der Waals surface area contributed by atoms with Crippen LogP contribution in [0.2, 0.25) is 0 Å².